The molecule has 0 bridgehead atoms. The molecule has 1 aliphatic heterocycles. The van der Waals surface area contributed by atoms with Crippen LogP contribution in [-0.4, -0.2) is 75.5 Å². The third-order valence-corrected chi connectivity index (χ3v) is 3.91. The first kappa shape index (κ1) is 18.4. The number of carbonyl (C=O) groups is 1. The molecule has 0 aromatic carbocycles. The third kappa shape index (κ3) is 5.22. The second-order valence-corrected chi connectivity index (χ2v) is 6.11. The minimum atomic E-state index is -1.67. The summed E-state index contributed by atoms with van der Waals surface area (Å²) >= 11 is 1.32. The number of thioether (sulfide) groups is 1. The first-order chi connectivity index (χ1) is 9.73. The van der Waals surface area contributed by atoms with Gasteiger partial charge in [-0.05, 0) is 11.8 Å². The Kier molecular flexibility index (Phi) is 7.07. The number of esters is 1. The van der Waals surface area contributed by atoms with Crippen LogP contribution in [0.1, 0.15) is 6.92 Å². The molecule has 0 aromatic rings. The predicted octanol–water partition coefficient (Wildman–Crippen LogP) is -2.08. The molecule has 6 N–H and O–H groups in total. The summed E-state index contributed by atoms with van der Waals surface area (Å²) in [5.41, 5.74) is 5.61. The molecule has 1 fully saturated rings. The number of aliphatic hydroxyl groups excluding tert-OH is 4. The largest absolute Gasteiger partial charge is 0.462 e. The molecule has 0 amide bonds. The number of allylic oxidation sites excluding steroid dienone is 1. The lowest BCUT2D eigenvalue weighted by Crippen LogP contribution is -2.58. The second kappa shape index (κ2) is 8.08. The van der Waals surface area contributed by atoms with E-state index in [2.05, 4.69) is 6.58 Å². The molecule has 9 heteroatoms. The molecule has 6 unspecified atom stereocenters. The maximum Gasteiger partial charge on any atom is 0.323 e. The molecule has 0 aliphatic carbocycles. The van der Waals surface area contributed by atoms with E-state index in [1.54, 1.807) is 6.92 Å². The van der Waals surface area contributed by atoms with Crippen molar-refractivity contribution in [2.24, 2.45) is 5.73 Å². The lowest BCUT2D eigenvalue weighted by atomic mass is 9.99. The number of rotatable bonds is 6. The third-order valence-electron chi connectivity index (χ3n) is 2.89. The molecule has 1 aliphatic rings. The van der Waals surface area contributed by atoms with Gasteiger partial charge in [0.25, 0.3) is 0 Å². The minimum absolute atomic E-state index is 0.298. The van der Waals surface area contributed by atoms with E-state index in [4.69, 9.17) is 15.2 Å². The van der Waals surface area contributed by atoms with Crippen molar-refractivity contribution in [3.63, 3.8) is 0 Å². The van der Waals surface area contributed by atoms with Gasteiger partial charge >= 0.3 is 5.97 Å². The lowest BCUT2D eigenvalue weighted by Gasteiger charge is -2.37. The van der Waals surface area contributed by atoms with Crippen LogP contribution in [0.3, 0.4) is 0 Å². The number of hydrogen-bond donors (Lipinski definition) is 5. The highest BCUT2D eigenvalue weighted by Gasteiger charge is 2.43. The molecule has 0 aromatic heterocycles. The molecule has 122 valence electrons. The lowest BCUT2D eigenvalue weighted by molar-refractivity contribution is -0.287. The van der Waals surface area contributed by atoms with Crippen molar-refractivity contribution in [1.29, 1.82) is 0 Å². The van der Waals surface area contributed by atoms with E-state index in [0.717, 1.165) is 4.91 Å². The summed E-state index contributed by atoms with van der Waals surface area (Å²) in [5, 5.41) is 37.8. The monoisotopic (exact) mass is 323 g/mol. The maximum absolute atomic E-state index is 11.6. The fourth-order valence-electron chi connectivity index (χ4n) is 1.64. The van der Waals surface area contributed by atoms with Gasteiger partial charge in [0.15, 0.2) is 6.29 Å². The Labute approximate surface area is 126 Å². The average molecular weight is 323 g/mol. The van der Waals surface area contributed by atoms with Crippen molar-refractivity contribution < 1.29 is 34.7 Å². The van der Waals surface area contributed by atoms with E-state index in [1.165, 1.54) is 11.8 Å². The fraction of sp³-hybridized carbons (Fsp3) is 0.750. The van der Waals surface area contributed by atoms with Crippen molar-refractivity contribution in [2.45, 2.75) is 43.7 Å². The topological polar surface area (TPSA) is 142 Å². The van der Waals surface area contributed by atoms with Gasteiger partial charge in [0, 0.05) is 5.75 Å². The van der Waals surface area contributed by atoms with Gasteiger partial charge in [0.05, 0.1) is 0 Å². The quantitative estimate of drug-likeness (QED) is 0.348. The number of hydrogen-bond acceptors (Lipinski definition) is 9. The van der Waals surface area contributed by atoms with Gasteiger partial charge < -0.3 is 35.6 Å². The Hall–Kier alpha value is -0.680. The summed E-state index contributed by atoms with van der Waals surface area (Å²) in [5.74, 6) is -0.402. The molecule has 1 heterocycles. The molecule has 8 nitrogen and oxygen atoms in total. The van der Waals surface area contributed by atoms with Crippen LogP contribution in [-0.2, 0) is 14.3 Å². The van der Waals surface area contributed by atoms with E-state index in [-0.39, 0.29) is 0 Å². The summed E-state index contributed by atoms with van der Waals surface area (Å²) in [4.78, 5) is 12.4. The zero-order valence-electron chi connectivity index (χ0n) is 11.6. The Bertz CT molecular complexity index is 381. The van der Waals surface area contributed by atoms with Crippen LogP contribution in [0.4, 0.5) is 0 Å². The first-order valence-corrected chi connectivity index (χ1v) is 7.30. The van der Waals surface area contributed by atoms with Gasteiger partial charge in [-0.3, -0.25) is 4.79 Å². The summed E-state index contributed by atoms with van der Waals surface area (Å²) in [6.45, 7) is 5.05. The van der Waals surface area contributed by atoms with Gasteiger partial charge in [-0.1, -0.05) is 6.58 Å². The van der Waals surface area contributed by atoms with E-state index in [9.17, 15) is 25.2 Å². The van der Waals surface area contributed by atoms with E-state index < -0.39 is 49.3 Å². The van der Waals surface area contributed by atoms with Crippen molar-refractivity contribution in [3.05, 3.63) is 11.5 Å². The van der Waals surface area contributed by atoms with Crippen molar-refractivity contribution in [2.75, 3.05) is 12.4 Å². The van der Waals surface area contributed by atoms with Gasteiger partial charge in [0.2, 0.25) is 0 Å². The minimum Gasteiger partial charge on any atom is -0.462 e. The van der Waals surface area contributed by atoms with E-state index >= 15 is 0 Å². The second-order valence-electron chi connectivity index (χ2n) is 4.79. The van der Waals surface area contributed by atoms with Crippen LogP contribution in [0, 0.1) is 0 Å². The molecule has 1 rings (SSSR count). The number of ether oxygens (including phenoxy) is 2. The summed E-state index contributed by atoms with van der Waals surface area (Å²) in [6, 6.07) is -0.868. The summed E-state index contributed by atoms with van der Waals surface area (Å²) < 4.78 is 9.75. The van der Waals surface area contributed by atoms with E-state index in [0.29, 0.717) is 5.75 Å². The van der Waals surface area contributed by atoms with Crippen LogP contribution >= 0.6 is 11.8 Å². The zero-order valence-corrected chi connectivity index (χ0v) is 12.4. The average Bonchev–Trinajstić information content (AvgIpc) is 2.44. The Balaban J connectivity index is 2.43. The smallest absolute Gasteiger partial charge is 0.323 e. The van der Waals surface area contributed by atoms with Gasteiger partial charge in [-0.2, -0.15) is 0 Å². The standard InChI is InChI=1S/C12H21NO7S/c1-5(2)21-4-6(13)11(17)19-3-7-8(14)9(15)10(16)12(18)20-7/h6-10,12,14-16,18H,1,3-4,13H2,2H3. The Morgan fingerprint density at radius 3 is 2.52 bits per heavy atom. The van der Waals surface area contributed by atoms with Gasteiger partial charge in [-0.15, -0.1) is 11.8 Å². The molecule has 0 saturated carbocycles. The molecule has 6 atom stereocenters. The van der Waals surface area contributed by atoms with Crippen molar-refractivity contribution in [1.82, 2.24) is 0 Å². The molecule has 21 heavy (non-hydrogen) atoms. The normalized spacial score (nSPS) is 34.3. The van der Waals surface area contributed by atoms with Crippen molar-refractivity contribution in [3.8, 4) is 0 Å². The predicted molar refractivity (Wildman–Crippen MR) is 75.1 cm³/mol. The Morgan fingerprint density at radius 1 is 1.33 bits per heavy atom. The highest BCUT2D eigenvalue weighted by atomic mass is 32.2. The van der Waals surface area contributed by atoms with Crippen LogP contribution in [0.2, 0.25) is 0 Å². The van der Waals surface area contributed by atoms with E-state index in [1.807, 2.05) is 0 Å². The Morgan fingerprint density at radius 2 is 1.95 bits per heavy atom. The SMILES string of the molecule is C=C(C)SCC(N)C(=O)OCC1OC(O)C(O)C(O)C1O. The highest BCUT2D eigenvalue weighted by Crippen LogP contribution is 2.20. The van der Waals surface area contributed by atoms with Crippen molar-refractivity contribution >= 4 is 17.7 Å². The molecule has 1 saturated heterocycles. The number of aliphatic hydroxyl groups is 4. The zero-order chi connectivity index (χ0) is 16.2. The van der Waals surface area contributed by atoms with Gasteiger partial charge in [-0.25, -0.2) is 0 Å². The summed E-state index contributed by atoms with van der Waals surface area (Å²) in [6.07, 6.45) is -7.52. The fourth-order valence-corrected chi connectivity index (χ4v) is 2.24. The number of nitrogens with two attached hydrogens (primary N) is 1. The molecule has 0 radical (unpaired) electrons. The molecular formula is C12H21NO7S. The van der Waals surface area contributed by atoms with Gasteiger partial charge in [0.1, 0.15) is 37.1 Å². The van der Waals surface area contributed by atoms with Crippen LogP contribution in [0.5, 0.6) is 0 Å². The molecular weight excluding hydrogens is 302 g/mol. The molecule has 0 spiro atoms. The number of carbonyl (C=O) groups excluding carboxylic acids is 1. The van der Waals surface area contributed by atoms with Crippen LogP contribution < -0.4 is 5.73 Å². The van der Waals surface area contributed by atoms with Crippen LogP contribution in [0.25, 0.3) is 0 Å². The summed E-state index contributed by atoms with van der Waals surface area (Å²) in [7, 11) is 0. The van der Waals surface area contributed by atoms with Crippen LogP contribution in [0.15, 0.2) is 11.5 Å². The first-order valence-electron chi connectivity index (χ1n) is 6.32. The highest BCUT2D eigenvalue weighted by molar-refractivity contribution is 8.03. The maximum atomic E-state index is 11.6.